The molecule has 5 nitrogen and oxygen atoms in total. The molecule has 1 aromatic carbocycles. The second kappa shape index (κ2) is 4.94. The van der Waals surface area contributed by atoms with Crippen molar-refractivity contribution < 1.29 is 4.74 Å². The van der Waals surface area contributed by atoms with Crippen molar-refractivity contribution in [3.63, 3.8) is 0 Å². The first kappa shape index (κ1) is 12.1. The molecule has 3 aromatic rings. The molecule has 0 aliphatic heterocycles. The molecule has 2 aromatic heterocycles. The standard InChI is InChI=1S/C15H11N3O2/c1-20-12-4-2-11(3-5-12)7-9-18-10-17-14-13(15(18)19)6-8-16-14/h2-6,8,10,16H,1H3. The quantitative estimate of drug-likeness (QED) is 0.680. The fraction of sp³-hybridized carbons (Fsp3) is 0.0667. The summed E-state index contributed by atoms with van der Waals surface area (Å²) in [5.41, 5.74) is 1.18. The van der Waals surface area contributed by atoms with Crippen molar-refractivity contribution in [2.45, 2.75) is 0 Å². The third-order valence-corrected chi connectivity index (χ3v) is 2.89. The predicted octanol–water partition coefficient (Wildman–Crippen LogP) is 1.59. The Morgan fingerprint density at radius 2 is 2.05 bits per heavy atom. The Morgan fingerprint density at radius 3 is 2.80 bits per heavy atom. The van der Waals surface area contributed by atoms with Gasteiger partial charge in [-0.15, -0.1) is 0 Å². The summed E-state index contributed by atoms with van der Waals surface area (Å²) in [6.07, 6.45) is 3.10. The first-order chi connectivity index (χ1) is 9.78. The Hall–Kier alpha value is -3.00. The largest absolute Gasteiger partial charge is 0.497 e. The number of fused-ring (bicyclic) bond motifs is 1. The molecule has 0 amide bonds. The second-order valence-corrected chi connectivity index (χ2v) is 4.12. The van der Waals surface area contributed by atoms with E-state index >= 15 is 0 Å². The number of H-pyrrole nitrogens is 1. The van der Waals surface area contributed by atoms with Crippen LogP contribution < -0.4 is 10.3 Å². The number of hydrogen-bond acceptors (Lipinski definition) is 3. The van der Waals surface area contributed by atoms with Crippen molar-refractivity contribution >= 4 is 11.0 Å². The van der Waals surface area contributed by atoms with E-state index in [0.29, 0.717) is 11.0 Å². The van der Waals surface area contributed by atoms with Crippen molar-refractivity contribution in [3.8, 4) is 17.7 Å². The lowest BCUT2D eigenvalue weighted by atomic mass is 10.2. The maximum absolute atomic E-state index is 12.1. The van der Waals surface area contributed by atoms with Crippen LogP contribution in [0.4, 0.5) is 0 Å². The lowest BCUT2D eigenvalue weighted by Crippen LogP contribution is -2.16. The molecule has 0 bridgehead atoms. The van der Waals surface area contributed by atoms with E-state index in [1.807, 2.05) is 24.3 Å². The Morgan fingerprint density at radius 1 is 1.25 bits per heavy atom. The molecule has 0 spiro atoms. The smallest absolute Gasteiger partial charge is 0.274 e. The topological polar surface area (TPSA) is 59.9 Å². The SMILES string of the molecule is COc1ccc(C#Cn2cnc3[nH]ccc3c2=O)cc1. The van der Waals surface area contributed by atoms with Crippen LogP contribution in [0, 0.1) is 12.0 Å². The van der Waals surface area contributed by atoms with Crippen LogP contribution in [0.15, 0.2) is 47.7 Å². The van der Waals surface area contributed by atoms with Crippen LogP contribution in [0.3, 0.4) is 0 Å². The van der Waals surface area contributed by atoms with Crippen LogP contribution in [-0.4, -0.2) is 21.6 Å². The van der Waals surface area contributed by atoms with Crippen LogP contribution in [0.25, 0.3) is 11.0 Å². The molecule has 1 N–H and O–H groups in total. The number of nitrogens with one attached hydrogen (secondary N) is 1. The Balaban J connectivity index is 1.98. The number of nitrogens with zero attached hydrogens (tertiary/aromatic N) is 2. The summed E-state index contributed by atoms with van der Waals surface area (Å²) in [6, 6.07) is 11.8. The van der Waals surface area contributed by atoms with Gasteiger partial charge in [-0.3, -0.25) is 4.79 Å². The highest BCUT2D eigenvalue weighted by Crippen LogP contribution is 2.10. The van der Waals surface area contributed by atoms with Gasteiger partial charge in [0.15, 0.2) is 0 Å². The van der Waals surface area contributed by atoms with Crippen LogP contribution >= 0.6 is 0 Å². The normalized spacial score (nSPS) is 10.1. The zero-order valence-corrected chi connectivity index (χ0v) is 10.8. The third kappa shape index (κ3) is 2.15. The number of methoxy groups -OCH3 is 1. The van der Waals surface area contributed by atoms with Gasteiger partial charge < -0.3 is 9.72 Å². The zero-order chi connectivity index (χ0) is 13.9. The van der Waals surface area contributed by atoms with Gasteiger partial charge in [0, 0.05) is 17.8 Å². The van der Waals surface area contributed by atoms with E-state index in [-0.39, 0.29) is 5.56 Å². The Bertz CT molecular complexity index is 864. The molecule has 0 fully saturated rings. The van der Waals surface area contributed by atoms with Crippen LogP contribution in [-0.2, 0) is 0 Å². The molecule has 0 saturated carbocycles. The monoisotopic (exact) mass is 265 g/mol. The first-order valence-corrected chi connectivity index (χ1v) is 5.99. The summed E-state index contributed by atoms with van der Waals surface area (Å²) in [4.78, 5) is 19.1. The van der Waals surface area contributed by atoms with E-state index in [1.165, 1.54) is 10.9 Å². The van der Waals surface area contributed by atoms with E-state index in [0.717, 1.165) is 11.3 Å². The average molecular weight is 265 g/mol. The average Bonchev–Trinajstić information content (AvgIpc) is 2.96. The van der Waals surface area contributed by atoms with Crippen molar-refractivity contribution in [2.75, 3.05) is 7.11 Å². The van der Waals surface area contributed by atoms with Gasteiger partial charge in [-0.1, -0.05) is 0 Å². The number of rotatable bonds is 1. The zero-order valence-electron chi connectivity index (χ0n) is 10.8. The van der Waals surface area contributed by atoms with Crippen molar-refractivity contribution in [2.24, 2.45) is 0 Å². The summed E-state index contributed by atoms with van der Waals surface area (Å²) in [6.45, 7) is 0. The maximum Gasteiger partial charge on any atom is 0.274 e. The molecule has 0 unspecified atom stereocenters. The first-order valence-electron chi connectivity index (χ1n) is 5.99. The maximum atomic E-state index is 12.1. The van der Waals surface area contributed by atoms with Gasteiger partial charge >= 0.3 is 0 Å². The van der Waals surface area contributed by atoms with E-state index in [9.17, 15) is 4.79 Å². The minimum atomic E-state index is -0.183. The number of aromatic amines is 1. The summed E-state index contributed by atoms with van der Waals surface area (Å²) >= 11 is 0. The lowest BCUT2D eigenvalue weighted by molar-refractivity contribution is 0.415. The van der Waals surface area contributed by atoms with E-state index in [1.54, 1.807) is 19.4 Å². The summed E-state index contributed by atoms with van der Waals surface area (Å²) in [5.74, 6) is 3.68. The van der Waals surface area contributed by atoms with Gasteiger partial charge in [0.1, 0.15) is 17.7 Å². The minimum Gasteiger partial charge on any atom is -0.497 e. The molecule has 98 valence electrons. The number of ether oxygens (including phenoxy) is 1. The molecule has 3 rings (SSSR count). The fourth-order valence-corrected chi connectivity index (χ4v) is 1.82. The van der Waals surface area contributed by atoms with Gasteiger partial charge in [0.05, 0.1) is 12.5 Å². The van der Waals surface area contributed by atoms with Crippen molar-refractivity contribution in [1.82, 2.24) is 14.5 Å². The minimum absolute atomic E-state index is 0.183. The van der Waals surface area contributed by atoms with Crippen LogP contribution in [0.2, 0.25) is 0 Å². The molecule has 0 saturated heterocycles. The molecule has 20 heavy (non-hydrogen) atoms. The Kier molecular flexibility index (Phi) is 2.98. The van der Waals surface area contributed by atoms with Gasteiger partial charge in [-0.25, -0.2) is 9.55 Å². The molecule has 5 heteroatoms. The number of hydrogen-bond donors (Lipinski definition) is 1. The molecule has 0 aliphatic rings. The molecular weight excluding hydrogens is 254 g/mol. The van der Waals surface area contributed by atoms with Crippen LogP contribution in [0.5, 0.6) is 5.75 Å². The van der Waals surface area contributed by atoms with E-state index in [4.69, 9.17) is 4.74 Å². The van der Waals surface area contributed by atoms with Gasteiger partial charge in [0.2, 0.25) is 0 Å². The Labute approximate surface area is 114 Å². The second-order valence-electron chi connectivity index (χ2n) is 4.12. The summed E-state index contributed by atoms with van der Waals surface area (Å²) < 4.78 is 6.35. The van der Waals surface area contributed by atoms with Crippen molar-refractivity contribution in [1.29, 1.82) is 0 Å². The fourth-order valence-electron chi connectivity index (χ4n) is 1.82. The molecular formula is C15H11N3O2. The predicted molar refractivity (Wildman–Crippen MR) is 75.6 cm³/mol. The highest BCUT2D eigenvalue weighted by atomic mass is 16.5. The molecule has 2 heterocycles. The van der Waals surface area contributed by atoms with Gasteiger partial charge in [-0.2, -0.15) is 0 Å². The molecule has 0 aliphatic carbocycles. The summed E-state index contributed by atoms with van der Waals surface area (Å²) in [7, 11) is 1.61. The highest BCUT2D eigenvalue weighted by molar-refractivity contribution is 5.73. The number of benzene rings is 1. The van der Waals surface area contributed by atoms with Gasteiger partial charge in [-0.05, 0) is 36.3 Å². The lowest BCUT2D eigenvalue weighted by Gasteiger charge is -1.98. The number of aromatic nitrogens is 3. The molecule has 0 radical (unpaired) electrons. The van der Waals surface area contributed by atoms with E-state index in [2.05, 4.69) is 21.9 Å². The molecule has 0 atom stereocenters. The summed E-state index contributed by atoms with van der Waals surface area (Å²) in [5, 5.41) is 0.525. The van der Waals surface area contributed by atoms with Crippen LogP contribution in [0.1, 0.15) is 5.56 Å². The highest BCUT2D eigenvalue weighted by Gasteiger charge is 2.02. The van der Waals surface area contributed by atoms with E-state index < -0.39 is 0 Å². The van der Waals surface area contributed by atoms with Crippen molar-refractivity contribution in [3.05, 3.63) is 58.8 Å². The van der Waals surface area contributed by atoms with Gasteiger partial charge in [0.25, 0.3) is 5.56 Å². The third-order valence-electron chi connectivity index (χ3n) is 2.89.